The number of ether oxygens (including phenoxy) is 1. The van der Waals surface area contributed by atoms with Crippen LogP contribution >= 0.6 is 23.8 Å². The molecule has 0 aromatic heterocycles. The first-order valence-electron chi connectivity index (χ1n) is 8.84. The molecule has 1 amide bonds. The third-order valence-corrected chi connectivity index (χ3v) is 5.02. The molecular formula is C20H22ClN3O2S. The molecule has 27 heavy (non-hydrogen) atoms. The molecule has 2 aromatic rings. The number of carbonyl (C=O) groups is 1. The van der Waals surface area contributed by atoms with E-state index in [1.807, 2.05) is 31.2 Å². The van der Waals surface area contributed by atoms with Gasteiger partial charge in [-0.25, -0.2) is 0 Å². The minimum absolute atomic E-state index is 0.176. The molecule has 0 saturated carbocycles. The third kappa shape index (κ3) is 4.70. The lowest BCUT2D eigenvalue weighted by Crippen LogP contribution is -2.48. The Balaban J connectivity index is 1.56. The molecule has 0 saturated heterocycles. The van der Waals surface area contributed by atoms with Crippen molar-refractivity contribution in [1.82, 2.24) is 10.9 Å². The van der Waals surface area contributed by atoms with Gasteiger partial charge in [0.15, 0.2) is 5.11 Å². The maximum absolute atomic E-state index is 12.5. The second-order valence-electron chi connectivity index (χ2n) is 6.50. The van der Waals surface area contributed by atoms with Gasteiger partial charge in [-0.05, 0) is 66.9 Å². The lowest BCUT2D eigenvalue weighted by molar-refractivity contribution is -0.126. The first-order chi connectivity index (χ1) is 13.0. The molecule has 0 spiro atoms. The smallest absolute Gasteiger partial charge is 0.245 e. The predicted molar refractivity (Wildman–Crippen MR) is 112 cm³/mol. The Labute approximate surface area is 169 Å². The van der Waals surface area contributed by atoms with Gasteiger partial charge in [0.2, 0.25) is 5.91 Å². The summed E-state index contributed by atoms with van der Waals surface area (Å²) in [6.45, 7) is 4.43. The van der Waals surface area contributed by atoms with Crippen molar-refractivity contribution in [2.75, 3.05) is 11.9 Å². The maximum atomic E-state index is 12.5. The number of para-hydroxylation sites is 1. The van der Waals surface area contributed by atoms with Gasteiger partial charge in [-0.3, -0.25) is 15.6 Å². The van der Waals surface area contributed by atoms with Gasteiger partial charge in [-0.15, -0.1) is 0 Å². The number of aryl methyl sites for hydroxylation is 2. The Morgan fingerprint density at radius 1 is 1.30 bits per heavy atom. The van der Waals surface area contributed by atoms with Gasteiger partial charge in [-0.1, -0.05) is 36.7 Å². The molecule has 1 atom stereocenters. The fourth-order valence-corrected chi connectivity index (χ4v) is 3.45. The van der Waals surface area contributed by atoms with Crippen LogP contribution in [0.5, 0.6) is 5.75 Å². The van der Waals surface area contributed by atoms with Crippen molar-refractivity contribution in [2.45, 2.75) is 26.7 Å². The Bertz CT molecular complexity index is 872. The molecule has 2 aromatic carbocycles. The molecule has 5 nitrogen and oxygen atoms in total. The summed E-state index contributed by atoms with van der Waals surface area (Å²) in [5.41, 5.74) is 9.61. The summed E-state index contributed by atoms with van der Waals surface area (Å²) in [6, 6.07) is 11.5. The average Bonchev–Trinajstić information content (AvgIpc) is 2.67. The van der Waals surface area contributed by atoms with Crippen molar-refractivity contribution in [3.8, 4) is 5.75 Å². The summed E-state index contributed by atoms with van der Waals surface area (Å²) in [6.07, 6.45) is 1.46. The van der Waals surface area contributed by atoms with E-state index in [0.29, 0.717) is 23.2 Å². The molecule has 1 aliphatic rings. The SMILES string of the molecule is CCc1cccc(C)c1NC(=S)NNC(=O)[C@H]1COc2ccc(Cl)cc2C1. The molecule has 0 bridgehead atoms. The summed E-state index contributed by atoms with van der Waals surface area (Å²) in [7, 11) is 0. The van der Waals surface area contributed by atoms with Gasteiger partial charge in [0.05, 0.1) is 5.92 Å². The molecule has 0 radical (unpaired) electrons. The highest BCUT2D eigenvalue weighted by atomic mass is 35.5. The fourth-order valence-electron chi connectivity index (χ4n) is 3.10. The predicted octanol–water partition coefficient (Wildman–Crippen LogP) is 3.78. The first kappa shape index (κ1) is 19.5. The van der Waals surface area contributed by atoms with Crippen LogP contribution < -0.4 is 20.9 Å². The van der Waals surface area contributed by atoms with E-state index in [2.05, 4.69) is 29.2 Å². The van der Waals surface area contributed by atoms with E-state index in [1.54, 1.807) is 6.07 Å². The summed E-state index contributed by atoms with van der Waals surface area (Å²) in [5, 5.41) is 4.14. The molecular weight excluding hydrogens is 382 g/mol. The van der Waals surface area contributed by atoms with E-state index in [-0.39, 0.29) is 11.8 Å². The molecule has 3 N–H and O–H groups in total. The number of hydrazine groups is 1. The minimum Gasteiger partial charge on any atom is -0.492 e. The lowest BCUT2D eigenvalue weighted by Gasteiger charge is -2.25. The van der Waals surface area contributed by atoms with Crippen LogP contribution in [0.25, 0.3) is 0 Å². The molecule has 1 heterocycles. The molecule has 3 rings (SSSR count). The summed E-state index contributed by atoms with van der Waals surface area (Å²) in [5.74, 6) is 0.293. The summed E-state index contributed by atoms with van der Waals surface area (Å²) >= 11 is 11.3. The van der Waals surface area contributed by atoms with Crippen LogP contribution in [0, 0.1) is 12.8 Å². The van der Waals surface area contributed by atoms with E-state index in [0.717, 1.165) is 29.0 Å². The van der Waals surface area contributed by atoms with Crippen molar-refractivity contribution in [1.29, 1.82) is 0 Å². The number of nitrogens with one attached hydrogen (secondary N) is 3. The molecule has 142 valence electrons. The maximum Gasteiger partial charge on any atom is 0.245 e. The molecule has 0 aliphatic carbocycles. The minimum atomic E-state index is -0.309. The van der Waals surface area contributed by atoms with Crippen molar-refractivity contribution >= 4 is 40.5 Å². The summed E-state index contributed by atoms with van der Waals surface area (Å²) in [4.78, 5) is 12.5. The zero-order chi connectivity index (χ0) is 19.4. The highest BCUT2D eigenvalue weighted by molar-refractivity contribution is 7.80. The number of amides is 1. The topological polar surface area (TPSA) is 62.4 Å². The number of thiocarbonyl (C=S) groups is 1. The van der Waals surface area contributed by atoms with E-state index >= 15 is 0 Å². The zero-order valence-corrected chi connectivity index (χ0v) is 16.8. The monoisotopic (exact) mass is 403 g/mol. The normalized spacial score (nSPS) is 15.3. The second kappa shape index (κ2) is 8.59. The molecule has 1 aliphatic heterocycles. The Morgan fingerprint density at radius 2 is 2.11 bits per heavy atom. The van der Waals surface area contributed by atoms with E-state index < -0.39 is 0 Å². The Kier molecular flexibility index (Phi) is 6.19. The standard InChI is InChI=1S/C20H22ClN3O2S/c1-3-13-6-4-5-12(2)18(13)22-20(27)24-23-19(25)15-9-14-10-16(21)7-8-17(14)26-11-15/h4-8,10,15H,3,9,11H2,1-2H3,(H,23,25)(H2,22,24,27)/t15-/m1/s1. The average molecular weight is 404 g/mol. The van der Waals surface area contributed by atoms with Crippen molar-refractivity contribution in [2.24, 2.45) is 5.92 Å². The van der Waals surface area contributed by atoms with Gasteiger partial charge >= 0.3 is 0 Å². The fraction of sp³-hybridized carbons (Fsp3) is 0.300. The van der Waals surface area contributed by atoms with Gasteiger partial charge in [0.25, 0.3) is 0 Å². The number of anilines is 1. The largest absolute Gasteiger partial charge is 0.492 e. The third-order valence-electron chi connectivity index (χ3n) is 4.58. The first-order valence-corrected chi connectivity index (χ1v) is 9.63. The number of benzene rings is 2. The van der Waals surface area contributed by atoms with Crippen LogP contribution in [0.15, 0.2) is 36.4 Å². The van der Waals surface area contributed by atoms with Crippen LogP contribution in [0.4, 0.5) is 5.69 Å². The van der Waals surface area contributed by atoms with E-state index in [4.69, 9.17) is 28.6 Å². The van der Waals surface area contributed by atoms with Gasteiger partial charge in [0.1, 0.15) is 12.4 Å². The van der Waals surface area contributed by atoms with Gasteiger partial charge in [0, 0.05) is 10.7 Å². The number of hydrogen-bond donors (Lipinski definition) is 3. The van der Waals surface area contributed by atoms with Gasteiger partial charge < -0.3 is 10.1 Å². The second-order valence-corrected chi connectivity index (χ2v) is 7.34. The highest BCUT2D eigenvalue weighted by Crippen LogP contribution is 2.29. The number of hydrogen-bond acceptors (Lipinski definition) is 3. The van der Waals surface area contributed by atoms with Crippen molar-refractivity contribution in [3.05, 3.63) is 58.1 Å². The van der Waals surface area contributed by atoms with Crippen LogP contribution in [0.2, 0.25) is 5.02 Å². The van der Waals surface area contributed by atoms with Gasteiger partial charge in [-0.2, -0.15) is 0 Å². The zero-order valence-electron chi connectivity index (χ0n) is 15.3. The molecule has 0 fully saturated rings. The highest BCUT2D eigenvalue weighted by Gasteiger charge is 2.26. The van der Waals surface area contributed by atoms with Crippen LogP contribution in [0.1, 0.15) is 23.6 Å². The summed E-state index contributed by atoms with van der Waals surface area (Å²) < 4.78 is 5.66. The van der Waals surface area contributed by atoms with E-state index in [9.17, 15) is 4.79 Å². The number of carbonyl (C=O) groups excluding carboxylic acids is 1. The quantitative estimate of drug-likeness (QED) is 0.537. The molecule has 0 unspecified atom stereocenters. The number of halogens is 1. The number of rotatable bonds is 3. The Hall–Kier alpha value is -2.31. The van der Waals surface area contributed by atoms with Crippen molar-refractivity contribution < 1.29 is 9.53 Å². The van der Waals surface area contributed by atoms with Crippen LogP contribution in [-0.2, 0) is 17.6 Å². The van der Waals surface area contributed by atoms with Crippen LogP contribution in [-0.4, -0.2) is 17.6 Å². The molecule has 7 heteroatoms. The van der Waals surface area contributed by atoms with E-state index in [1.165, 1.54) is 5.56 Å². The lowest BCUT2D eigenvalue weighted by atomic mass is 9.96. The number of fused-ring (bicyclic) bond motifs is 1. The Morgan fingerprint density at radius 3 is 2.89 bits per heavy atom. The van der Waals surface area contributed by atoms with Crippen molar-refractivity contribution in [3.63, 3.8) is 0 Å². The van der Waals surface area contributed by atoms with Crippen LogP contribution in [0.3, 0.4) is 0 Å².